The zero-order valence-electron chi connectivity index (χ0n) is 9.25. The van der Waals surface area contributed by atoms with Crippen LogP contribution in [-0.2, 0) is 4.79 Å². The van der Waals surface area contributed by atoms with E-state index in [9.17, 15) is 4.79 Å². The van der Waals surface area contributed by atoms with Crippen LogP contribution in [-0.4, -0.2) is 13.0 Å². The Hall–Kier alpha value is -1.54. The van der Waals surface area contributed by atoms with Crippen molar-refractivity contribution in [2.45, 2.75) is 6.92 Å². The average molecular weight is 234 g/mol. The lowest BCUT2D eigenvalue weighted by molar-refractivity contribution is -0.112. The van der Waals surface area contributed by atoms with Crippen molar-refractivity contribution in [2.24, 2.45) is 0 Å². The van der Waals surface area contributed by atoms with E-state index in [0.717, 1.165) is 16.8 Å². The Labute approximate surface area is 99.8 Å². The molecule has 16 heavy (non-hydrogen) atoms. The smallest absolute Gasteiger partial charge is 0.259 e. The number of likely N-dealkylation sites (N-methyl/N-ethyl adjacent to an activating group) is 1. The van der Waals surface area contributed by atoms with Gasteiger partial charge in [-0.1, -0.05) is 36.4 Å². The highest BCUT2D eigenvalue weighted by atomic mass is 35.5. The lowest BCUT2D eigenvalue weighted by atomic mass is 10.0. The van der Waals surface area contributed by atoms with Gasteiger partial charge in [0.05, 0.1) is 11.3 Å². The van der Waals surface area contributed by atoms with Gasteiger partial charge in [0.25, 0.3) is 5.91 Å². The number of carbonyl (C=O) groups excluding carboxylic acids is 1. The predicted octanol–water partition coefficient (Wildman–Crippen LogP) is 3.19. The Balaban J connectivity index is 2.71. The molecule has 0 saturated heterocycles. The first-order chi connectivity index (χ1) is 7.54. The largest absolute Gasteiger partial charge is 0.311 e. The van der Waals surface area contributed by atoms with E-state index in [2.05, 4.69) is 6.58 Å². The van der Waals surface area contributed by atoms with Gasteiger partial charge < -0.3 is 4.90 Å². The van der Waals surface area contributed by atoms with Gasteiger partial charge in [0.15, 0.2) is 0 Å². The van der Waals surface area contributed by atoms with Crippen LogP contribution in [0.1, 0.15) is 12.5 Å². The molecular formula is C13H12ClNO. The van der Waals surface area contributed by atoms with Crippen LogP contribution < -0.4 is 4.90 Å². The Morgan fingerprint density at radius 1 is 1.38 bits per heavy atom. The van der Waals surface area contributed by atoms with Crippen LogP contribution in [0.25, 0.3) is 5.57 Å². The first-order valence-electron chi connectivity index (χ1n) is 4.97. The number of carbonyl (C=O) groups is 1. The number of para-hydroxylation sites is 1. The number of hydrogen-bond donors (Lipinski definition) is 0. The highest BCUT2D eigenvalue weighted by Crippen LogP contribution is 2.38. The average Bonchev–Trinajstić information content (AvgIpc) is 2.52. The minimum atomic E-state index is -0.0273. The van der Waals surface area contributed by atoms with E-state index < -0.39 is 0 Å². The molecule has 0 aliphatic carbocycles. The highest BCUT2D eigenvalue weighted by molar-refractivity contribution is 6.38. The van der Waals surface area contributed by atoms with E-state index in [1.54, 1.807) is 11.9 Å². The molecule has 0 saturated carbocycles. The molecule has 0 unspecified atom stereocenters. The SMILES string of the molecule is C=C(Cl)/C(C)=C1\C(=O)N(C)c2ccccc21. The molecule has 0 fully saturated rings. The number of anilines is 1. The lowest BCUT2D eigenvalue weighted by Gasteiger charge is -2.08. The Morgan fingerprint density at radius 3 is 2.62 bits per heavy atom. The minimum absolute atomic E-state index is 0.0273. The molecule has 0 atom stereocenters. The van der Waals surface area contributed by atoms with Crippen molar-refractivity contribution >= 4 is 28.8 Å². The first-order valence-corrected chi connectivity index (χ1v) is 5.35. The van der Waals surface area contributed by atoms with E-state index in [1.807, 2.05) is 31.2 Å². The maximum Gasteiger partial charge on any atom is 0.259 e. The number of fused-ring (bicyclic) bond motifs is 1. The third-order valence-electron chi connectivity index (χ3n) is 2.84. The molecule has 0 radical (unpaired) electrons. The van der Waals surface area contributed by atoms with Crippen LogP contribution in [0.4, 0.5) is 5.69 Å². The van der Waals surface area contributed by atoms with Gasteiger partial charge in [0.1, 0.15) is 0 Å². The van der Waals surface area contributed by atoms with Gasteiger partial charge in [0.2, 0.25) is 0 Å². The van der Waals surface area contributed by atoms with E-state index in [1.165, 1.54) is 0 Å². The standard InChI is InChI=1S/C13H12ClNO/c1-8(9(2)14)12-10-6-4-5-7-11(10)15(3)13(12)16/h4-7H,2H2,1,3H3/b12-8-. The number of amides is 1. The number of hydrogen-bond acceptors (Lipinski definition) is 1. The van der Waals surface area contributed by atoms with Crippen LogP contribution in [0, 0.1) is 0 Å². The van der Waals surface area contributed by atoms with Crippen LogP contribution in [0.2, 0.25) is 0 Å². The fourth-order valence-corrected chi connectivity index (χ4v) is 1.96. The number of allylic oxidation sites excluding steroid dienone is 2. The molecule has 1 aliphatic rings. The van der Waals surface area contributed by atoms with Crippen LogP contribution >= 0.6 is 11.6 Å². The van der Waals surface area contributed by atoms with Gasteiger partial charge in [-0.05, 0) is 18.6 Å². The van der Waals surface area contributed by atoms with Crippen LogP contribution in [0.15, 0.2) is 41.4 Å². The van der Waals surface area contributed by atoms with Gasteiger partial charge in [-0.2, -0.15) is 0 Å². The van der Waals surface area contributed by atoms with Gasteiger partial charge in [-0.3, -0.25) is 4.79 Å². The zero-order valence-corrected chi connectivity index (χ0v) is 10.0. The molecule has 2 nitrogen and oxygen atoms in total. The molecule has 82 valence electrons. The van der Waals surface area contributed by atoms with Crippen molar-refractivity contribution in [2.75, 3.05) is 11.9 Å². The molecule has 2 rings (SSSR count). The number of benzene rings is 1. The summed E-state index contributed by atoms with van der Waals surface area (Å²) in [6.45, 7) is 5.49. The molecule has 1 heterocycles. The summed E-state index contributed by atoms with van der Waals surface area (Å²) in [5, 5.41) is 0.411. The summed E-state index contributed by atoms with van der Waals surface area (Å²) in [6.07, 6.45) is 0. The third-order valence-corrected chi connectivity index (χ3v) is 3.12. The molecule has 1 amide bonds. The van der Waals surface area contributed by atoms with Gasteiger partial charge in [-0.15, -0.1) is 0 Å². The second-order valence-electron chi connectivity index (χ2n) is 3.79. The van der Waals surface area contributed by atoms with E-state index in [-0.39, 0.29) is 5.91 Å². The number of nitrogens with zero attached hydrogens (tertiary/aromatic N) is 1. The summed E-state index contributed by atoms with van der Waals surface area (Å²) >= 11 is 5.86. The van der Waals surface area contributed by atoms with E-state index >= 15 is 0 Å². The highest BCUT2D eigenvalue weighted by Gasteiger charge is 2.30. The molecule has 0 N–H and O–H groups in total. The summed E-state index contributed by atoms with van der Waals surface area (Å²) in [5.74, 6) is -0.0273. The predicted molar refractivity (Wildman–Crippen MR) is 67.4 cm³/mol. The topological polar surface area (TPSA) is 20.3 Å². The van der Waals surface area contributed by atoms with Crippen molar-refractivity contribution in [3.63, 3.8) is 0 Å². The molecule has 1 aromatic rings. The quantitative estimate of drug-likeness (QED) is 0.683. The van der Waals surface area contributed by atoms with Crippen LogP contribution in [0.5, 0.6) is 0 Å². The van der Waals surface area contributed by atoms with E-state index in [4.69, 9.17) is 11.6 Å². The van der Waals surface area contributed by atoms with Crippen LogP contribution in [0.3, 0.4) is 0 Å². The van der Waals surface area contributed by atoms with Crippen molar-refractivity contribution in [3.8, 4) is 0 Å². The molecular weight excluding hydrogens is 222 g/mol. The third kappa shape index (κ3) is 1.46. The summed E-state index contributed by atoms with van der Waals surface area (Å²) in [6, 6.07) is 7.67. The van der Waals surface area contributed by atoms with Crippen molar-refractivity contribution in [1.82, 2.24) is 0 Å². The Morgan fingerprint density at radius 2 is 2.00 bits per heavy atom. The van der Waals surface area contributed by atoms with E-state index in [0.29, 0.717) is 10.6 Å². The second-order valence-corrected chi connectivity index (χ2v) is 4.24. The normalized spacial score (nSPS) is 17.4. The van der Waals surface area contributed by atoms with Gasteiger partial charge >= 0.3 is 0 Å². The van der Waals surface area contributed by atoms with Crippen molar-refractivity contribution < 1.29 is 4.79 Å². The minimum Gasteiger partial charge on any atom is -0.311 e. The summed E-state index contributed by atoms with van der Waals surface area (Å²) in [5.41, 5.74) is 3.23. The van der Waals surface area contributed by atoms with Gasteiger partial charge in [0, 0.05) is 17.6 Å². The summed E-state index contributed by atoms with van der Waals surface area (Å²) < 4.78 is 0. The molecule has 1 aromatic carbocycles. The Bertz CT molecular complexity index is 516. The second kappa shape index (κ2) is 3.80. The lowest BCUT2D eigenvalue weighted by Crippen LogP contribution is -2.20. The summed E-state index contributed by atoms with van der Waals surface area (Å²) in [7, 11) is 1.76. The number of halogens is 1. The fourth-order valence-electron chi connectivity index (χ4n) is 1.87. The maximum absolute atomic E-state index is 12.1. The molecule has 0 aromatic heterocycles. The van der Waals surface area contributed by atoms with Gasteiger partial charge in [-0.25, -0.2) is 0 Å². The Kier molecular flexibility index (Phi) is 2.60. The number of rotatable bonds is 1. The van der Waals surface area contributed by atoms with Crippen molar-refractivity contribution in [1.29, 1.82) is 0 Å². The fraction of sp³-hybridized carbons (Fsp3) is 0.154. The summed E-state index contributed by atoms with van der Waals surface area (Å²) in [4.78, 5) is 13.7. The van der Waals surface area contributed by atoms with Crippen molar-refractivity contribution in [3.05, 3.63) is 47.0 Å². The molecule has 0 bridgehead atoms. The maximum atomic E-state index is 12.1. The monoisotopic (exact) mass is 233 g/mol. The molecule has 3 heteroatoms. The zero-order chi connectivity index (χ0) is 11.9. The molecule has 1 aliphatic heterocycles. The molecule has 0 spiro atoms. The first kappa shape index (κ1) is 11.0.